The number of nitrogens with zero attached hydrogens (tertiary/aromatic N) is 1. The van der Waals surface area contributed by atoms with Gasteiger partial charge in [0.15, 0.2) is 0 Å². The van der Waals surface area contributed by atoms with Crippen LogP contribution in [0.15, 0.2) is 24.3 Å². The van der Waals surface area contributed by atoms with Crippen molar-refractivity contribution in [2.24, 2.45) is 0 Å². The highest BCUT2D eigenvalue weighted by atomic mass is 19.4. The fraction of sp³-hybridized carbons (Fsp3) is 0.538. The summed E-state index contributed by atoms with van der Waals surface area (Å²) < 4.78 is 38.0. The van der Waals surface area contributed by atoms with Crippen LogP contribution in [-0.4, -0.2) is 26.2 Å². The van der Waals surface area contributed by atoms with Crippen molar-refractivity contribution >= 4 is 5.69 Å². The number of hydrogen-bond acceptors (Lipinski definition) is 2. The predicted octanol–water partition coefficient (Wildman–Crippen LogP) is 2.89. The highest BCUT2D eigenvalue weighted by Crippen LogP contribution is 2.35. The molecule has 1 saturated carbocycles. The Labute approximate surface area is 105 Å². The number of hydrogen-bond donors (Lipinski definition) is 1. The van der Waals surface area contributed by atoms with E-state index < -0.39 is 11.7 Å². The van der Waals surface area contributed by atoms with Crippen LogP contribution in [0, 0.1) is 0 Å². The van der Waals surface area contributed by atoms with E-state index in [0.29, 0.717) is 11.7 Å². The molecule has 0 spiro atoms. The number of likely N-dealkylation sites (N-methyl/N-ethyl adjacent to an activating group) is 1. The first kappa shape index (κ1) is 13.2. The van der Waals surface area contributed by atoms with Gasteiger partial charge in [0.2, 0.25) is 0 Å². The summed E-state index contributed by atoms with van der Waals surface area (Å²) in [5.41, 5.74) is 0.0951. The van der Waals surface area contributed by atoms with E-state index in [1.165, 1.54) is 12.1 Å². The summed E-state index contributed by atoms with van der Waals surface area (Å²) in [7, 11) is 1.84. The lowest BCUT2D eigenvalue weighted by Gasteiger charge is -2.25. The van der Waals surface area contributed by atoms with Gasteiger partial charge in [0.05, 0.1) is 5.56 Å². The molecule has 0 aliphatic heterocycles. The predicted molar refractivity (Wildman–Crippen MR) is 65.7 cm³/mol. The van der Waals surface area contributed by atoms with Crippen LogP contribution in [0.2, 0.25) is 0 Å². The summed E-state index contributed by atoms with van der Waals surface area (Å²) >= 11 is 0. The third-order valence-corrected chi connectivity index (χ3v) is 3.10. The van der Waals surface area contributed by atoms with Crippen LogP contribution < -0.4 is 10.2 Å². The standard InChI is InChI=1S/C13H17F3N2/c1-17-7-8-18(11-5-6-11)12-4-2-3-10(9-12)13(14,15)16/h2-4,9,11,17H,5-8H2,1H3. The van der Waals surface area contributed by atoms with E-state index in [-0.39, 0.29) is 0 Å². The van der Waals surface area contributed by atoms with Gasteiger partial charge in [-0.15, -0.1) is 0 Å². The molecule has 0 unspecified atom stereocenters. The Morgan fingerprint density at radius 3 is 2.61 bits per heavy atom. The molecule has 5 heteroatoms. The fourth-order valence-electron chi connectivity index (χ4n) is 2.00. The van der Waals surface area contributed by atoms with Crippen molar-refractivity contribution in [1.82, 2.24) is 5.32 Å². The van der Waals surface area contributed by atoms with Gasteiger partial charge >= 0.3 is 6.18 Å². The molecule has 0 amide bonds. The van der Waals surface area contributed by atoms with E-state index in [1.807, 2.05) is 7.05 Å². The molecular weight excluding hydrogens is 241 g/mol. The molecule has 0 radical (unpaired) electrons. The van der Waals surface area contributed by atoms with E-state index in [0.717, 1.165) is 32.0 Å². The topological polar surface area (TPSA) is 15.3 Å². The Kier molecular flexibility index (Phi) is 3.80. The van der Waals surface area contributed by atoms with Gasteiger partial charge in [-0.25, -0.2) is 0 Å². The van der Waals surface area contributed by atoms with Crippen LogP contribution >= 0.6 is 0 Å². The van der Waals surface area contributed by atoms with Crippen LogP contribution in [0.1, 0.15) is 18.4 Å². The number of benzene rings is 1. The first-order valence-corrected chi connectivity index (χ1v) is 6.11. The SMILES string of the molecule is CNCCN(c1cccc(C(F)(F)F)c1)C1CC1. The maximum Gasteiger partial charge on any atom is 0.416 e. The van der Waals surface area contributed by atoms with Crippen LogP contribution in [0.25, 0.3) is 0 Å². The van der Waals surface area contributed by atoms with Gasteiger partial charge in [0.1, 0.15) is 0 Å². The molecule has 0 saturated heterocycles. The van der Waals surface area contributed by atoms with Crippen molar-refractivity contribution in [2.75, 3.05) is 25.0 Å². The highest BCUT2D eigenvalue weighted by molar-refractivity contribution is 5.51. The van der Waals surface area contributed by atoms with E-state index in [4.69, 9.17) is 0 Å². The molecule has 1 aromatic carbocycles. The van der Waals surface area contributed by atoms with E-state index in [9.17, 15) is 13.2 Å². The lowest BCUT2D eigenvalue weighted by Crippen LogP contribution is -2.32. The van der Waals surface area contributed by atoms with E-state index in [1.54, 1.807) is 6.07 Å². The van der Waals surface area contributed by atoms with Gasteiger partial charge in [-0.1, -0.05) is 6.07 Å². The van der Waals surface area contributed by atoms with Gasteiger partial charge < -0.3 is 10.2 Å². The molecule has 18 heavy (non-hydrogen) atoms. The first-order valence-electron chi connectivity index (χ1n) is 6.11. The van der Waals surface area contributed by atoms with E-state index in [2.05, 4.69) is 10.2 Å². The molecular formula is C13H17F3N2. The zero-order valence-corrected chi connectivity index (χ0v) is 10.3. The molecule has 1 aromatic rings. The first-order chi connectivity index (χ1) is 8.52. The number of anilines is 1. The molecule has 0 atom stereocenters. The normalized spacial score (nSPS) is 15.8. The fourth-order valence-corrected chi connectivity index (χ4v) is 2.00. The van der Waals surface area contributed by atoms with Crippen molar-refractivity contribution in [2.45, 2.75) is 25.1 Å². The maximum atomic E-state index is 12.7. The summed E-state index contributed by atoms with van der Waals surface area (Å²) in [6.07, 6.45) is -2.13. The quantitative estimate of drug-likeness (QED) is 0.873. The summed E-state index contributed by atoms with van der Waals surface area (Å²) in [6.45, 7) is 1.51. The second-order valence-electron chi connectivity index (χ2n) is 4.58. The molecule has 0 bridgehead atoms. The van der Waals surface area contributed by atoms with Gasteiger partial charge in [-0.05, 0) is 38.1 Å². The third-order valence-electron chi connectivity index (χ3n) is 3.10. The smallest absolute Gasteiger partial charge is 0.367 e. The molecule has 0 heterocycles. The second kappa shape index (κ2) is 5.18. The minimum atomic E-state index is -4.27. The largest absolute Gasteiger partial charge is 0.416 e. The molecule has 1 fully saturated rings. The molecule has 2 nitrogen and oxygen atoms in total. The summed E-state index contributed by atoms with van der Waals surface area (Å²) in [6, 6.07) is 6.00. The van der Waals surface area contributed by atoms with Crippen LogP contribution in [0.5, 0.6) is 0 Å². The van der Waals surface area contributed by atoms with Crippen molar-refractivity contribution in [3.05, 3.63) is 29.8 Å². The molecule has 1 aliphatic rings. The zero-order chi connectivity index (χ0) is 13.2. The number of rotatable bonds is 5. The number of alkyl halides is 3. The molecule has 1 aliphatic carbocycles. The Morgan fingerprint density at radius 2 is 2.06 bits per heavy atom. The van der Waals surface area contributed by atoms with Gasteiger partial charge in [0, 0.05) is 24.8 Å². The van der Waals surface area contributed by atoms with Gasteiger partial charge in [-0.3, -0.25) is 0 Å². The number of nitrogens with one attached hydrogen (secondary N) is 1. The lowest BCUT2D eigenvalue weighted by atomic mass is 10.1. The molecule has 0 aromatic heterocycles. The van der Waals surface area contributed by atoms with Crippen molar-refractivity contribution < 1.29 is 13.2 Å². The van der Waals surface area contributed by atoms with Crippen molar-refractivity contribution in [3.8, 4) is 0 Å². The number of halogens is 3. The van der Waals surface area contributed by atoms with Gasteiger partial charge in [0.25, 0.3) is 0 Å². The maximum absolute atomic E-state index is 12.7. The Hall–Kier alpha value is -1.23. The zero-order valence-electron chi connectivity index (χ0n) is 10.3. The van der Waals surface area contributed by atoms with Crippen LogP contribution in [0.3, 0.4) is 0 Å². The van der Waals surface area contributed by atoms with Gasteiger partial charge in [-0.2, -0.15) is 13.2 Å². The summed E-state index contributed by atoms with van der Waals surface area (Å²) in [5, 5.41) is 3.03. The van der Waals surface area contributed by atoms with Crippen molar-refractivity contribution in [3.63, 3.8) is 0 Å². The average Bonchev–Trinajstić information content (AvgIpc) is 3.13. The Balaban J connectivity index is 2.19. The monoisotopic (exact) mass is 258 g/mol. The summed E-state index contributed by atoms with van der Waals surface area (Å²) in [4.78, 5) is 2.06. The minimum absolute atomic E-state index is 0.404. The summed E-state index contributed by atoms with van der Waals surface area (Å²) in [5.74, 6) is 0. The highest BCUT2D eigenvalue weighted by Gasteiger charge is 2.33. The second-order valence-corrected chi connectivity index (χ2v) is 4.58. The average molecular weight is 258 g/mol. The lowest BCUT2D eigenvalue weighted by molar-refractivity contribution is -0.137. The third kappa shape index (κ3) is 3.16. The van der Waals surface area contributed by atoms with Crippen LogP contribution in [-0.2, 0) is 6.18 Å². The minimum Gasteiger partial charge on any atom is -0.367 e. The van der Waals surface area contributed by atoms with Crippen molar-refractivity contribution in [1.29, 1.82) is 0 Å². The Morgan fingerprint density at radius 1 is 1.33 bits per heavy atom. The molecule has 2 rings (SSSR count). The Bertz CT molecular complexity index is 399. The molecule has 1 N–H and O–H groups in total. The molecule has 100 valence electrons. The van der Waals surface area contributed by atoms with Crippen LogP contribution in [0.4, 0.5) is 18.9 Å². The van der Waals surface area contributed by atoms with E-state index >= 15 is 0 Å².